The molecule has 0 atom stereocenters. The maximum atomic E-state index is 4.56. The van der Waals surface area contributed by atoms with Gasteiger partial charge in [0, 0.05) is 23.7 Å². The van der Waals surface area contributed by atoms with Gasteiger partial charge in [-0.3, -0.25) is 0 Å². The zero-order chi connectivity index (χ0) is 19.4. The Morgan fingerprint density at radius 2 is 1.38 bits per heavy atom. The number of rotatable bonds is 4. The van der Waals surface area contributed by atoms with Crippen molar-refractivity contribution in [3.8, 4) is 0 Å². The second-order valence-corrected chi connectivity index (χ2v) is 8.24. The number of nitrogens with zero attached hydrogens (tertiary/aromatic N) is 2. The standard InChI is InChI=1S/C13H18N2.C9H16N2/c1-8(2)10-5-6-11-12(7-10)15-13(14-11)9(3)4;1-6(2)8-5-10-9(11-8)7(3)4/h5-9H,1-4H3,(H,14,15);5-7H,1-4H3,(H,10,11). The summed E-state index contributed by atoms with van der Waals surface area (Å²) in [7, 11) is 0. The van der Waals surface area contributed by atoms with Gasteiger partial charge in [0.15, 0.2) is 0 Å². The van der Waals surface area contributed by atoms with Crippen molar-refractivity contribution >= 4 is 11.0 Å². The predicted octanol–water partition coefficient (Wildman–Crippen LogP) is 6.47. The Hall–Kier alpha value is -2.10. The minimum absolute atomic E-state index is 0.458. The lowest BCUT2D eigenvalue weighted by Crippen LogP contribution is -1.91. The first-order chi connectivity index (χ1) is 12.2. The summed E-state index contributed by atoms with van der Waals surface area (Å²) in [5.74, 6) is 4.25. The molecule has 2 heterocycles. The number of aromatic amines is 2. The summed E-state index contributed by atoms with van der Waals surface area (Å²) in [5, 5.41) is 0. The first-order valence-electron chi connectivity index (χ1n) is 9.73. The molecule has 3 rings (SSSR count). The number of aromatic nitrogens is 4. The minimum atomic E-state index is 0.458. The lowest BCUT2D eigenvalue weighted by molar-refractivity contribution is 0.771. The molecule has 142 valence electrons. The second-order valence-electron chi connectivity index (χ2n) is 8.24. The Kier molecular flexibility index (Phi) is 6.63. The maximum Gasteiger partial charge on any atom is 0.109 e. The molecule has 0 amide bonds. The number of hydrogen-bond donors (Lipinski definition) is 2. The van der Waals surface area contributed by atoms with Crippen LogP contribution in [0, 0.1) is 0 Å². The normalized spacial score (nSPS) is 11.7. The van der Waals surface area contributed by atoms with Gasteiger partial charge in [-0.2, -0.15) is 0 Å². The number of benzene rings is 1. The van der Waals surface area contributed by atoms with Gasteiger partial charge in [0.25, 0.3) is 0 Å². The van der Waals surface area contributed by atoms with Crippen LogP contribution >= 0.6 is 0 Å². The lowest BCUT2D eigenvalue weighted by Gasteiger charge is -2.03. The quantitative estimate of drug-likeness (QED) is 0.564. The van der Waals surface area contributed by atoms with Crippen LogP contribution in [-0.4, -0.2) is 19.9 Å². The summed E-state index contributed by atoms with van der Waals surface area (Å²) >= 11 is 0. The first kappa shape index (κ1) is 20.2. The molecule has 0 fully saturated rings. The molecule has 0 saturated heterocycles. The molecule has 1 aromatic carbocycles. The van der Waals surface area contributed by atoms with Crippen LogP contribution in [0.5, 0.6) is 0 Å². The average Bonchev–Trinajstić information content (AvgIpc) is 3.21. The summed E-state index contributed by atoms with van der Waals surface area (Å²) in [5.41, 5.74) is 4.82. The average molecular weight is 355 g/mol. The minimum Gasteiger partial charge on any atom is -0.345 e. The highest BCUT2D eigenvalue weighted by Crippen LogP contribution is 2.22. The molecule has 0 radical (unpaired) electrons. The van der Waals surface area contributed by atoms with Crippen molar-refractivity contribution in [1.29, 1.82) is 0 Å². The number of hydrogen-bond acceptors (Lipinski definition) is 2. The van der Waals surface area contributed by atoms with Gasteiger partial charge in [-0.25, -0.2) is 9.97 Å². The van der Waals surface area contributed by atoms with Crippen LogP contribution in [0.15, 0.2) is 24.4 Å². The molecule has 2 N–H and O–H groups in total. The van der Waals surface area contributed by atoms with E-state index in [1.54, 1.807) is 0 Å². The second kappa shape index (κ2) is 8.52. The highest BCUT2D eigenvalue weighted by atomic mass is 14.9. The maximum absolute atomic E-state index is 4.56. The topological polar surface area (TPSA) is 57.4 Å². The molecule has 26 heavy (non-hydrogen) atoms. The van der Waals surface area contributed by atoms with Crippen LogP contribution in [0.2, 0.25) is 0 Å². The number of imidazole rings is 2. The van der Waals surface area contributed by atoms with E-state index in [-0.39, 0.29) is 0 Å². The number of nitrogens with one attached hydrogen (secondary N) is 2. The van der Waals surface area contributed by atoms with Crippen LogP contribution in [0.4, 0.5) is 0 Å². The van der Waals surface area contributed by atoms with Gasteiger partial charge in [0.1, 0.15) is 11.6 Å². The largest absolute Gasteiger partial charge is 0.345 e. The monoisotopic (exact) mass is 354 g/mol. The van der Waals surface area contributed by atoms with Crippen LogP contribution in [0.25, 0.3) is 11.0 Å². The van der Waals surface area contributed by atoms with E-state index in [0.29, 0.717) is 23.7 Å². The predicted molar refractivity (Wildman–Crippen MR) is 111 cm³/mol. The first-order valence-corrected chi connectivity index (χ1v) is 9.73. The van der Waals surface area contributed by atoms with E-state index in [9.17, 15) is 0 Å². The molecule has 0 aliphatic carbocycles. The van der Waals surface area contributed by atoms with Gasteiger partial charge in [-0.15, -0.1) is 0 Å². The van der Waals surface area contributed by atoms with Crippen molar-refractivity contribution in [2.75, 3.05) is 0 Å². The fraction of sp³-hybridized carbons (Fsp3) is 0.545. The highest BCUT2D eigenvalue weighted by Gasteiger charge is 2.08. The van der Waals surface area contributed by atoms with E-state index in [1.165, 1.54) is 11.3 Å². The third-order valence-electron chi connectivity index (χ3n) is 4.52. The highest BCUT2D eigenvalue weighted by molar-refractivity contribution is 5.76. The Bertz CT molecular complexity index is 793. The zero-order valence-electron chi connectivity index (χ0n) is 17.5. The van der Waals surface area contributed by atoms with Crippen molar-refractivity contribution in [3.63, 3.8) is 0 Å². The third kappa shape index (κ3) is 4.96. The van der Waals surface area contributed by atoms with E-state index in [4.69, 9.17) is 0 Å². The molecule has 0 spiro atoms. The van der Waals surface area contributed by atoms with Gasteiger partial charge in [0.2, 0.25) is 0 Å². The van der Waals surface area contributed by atoms with Crippen LogP contribution in [-0.2, 0) is 0 Å². The van der Waals surface area contributed by atoms with Crippen molar-refractivity contribution < 1.29 is 0 Å². The van der Waals surface area contributed by atoms with Gasteiger partial charge in [-0.1, -0.05) is 61.5 Å². The lowest BCUT2D eigenvalue weighted by atomic mass is 10.0. The summed E-state index contributed by atoms with van der Waals surface area (Å²) in [4.78, 5) is 15.5. The van der Waals surface area contributed by atoms with E-state index < -0.39 is 0 Å². The van der Waals surface area contributed by atoms with E-state index in [0.717, 1.165) is 22.7 Å². The van der Waals surface area contributed by atoms with E-state index in [2.05, 4.69) is 93.5 Å². The van der Waals surface area contributed by atoms with Crippen LogP contribution < -0.4 is 0 Å². The van der Waals surface area contributed by atoms with Gasteiger partial charge >= 0.3 is 0 Å². The van der Waals surface area contributed by atoms with Crippen molar-refractivity contribution in [2.24, 2.45) is 0 Å². The molecular weight excluding hydrogens is 320 g/mol. The number of H-pyrrole nitrogens is 2. The summed E-state index contributed by atoms with van der Waals surface area (Å²) in [6.07, 6.45) is 1.93. The zero-order valence-corrected chi connectivity index (χ0v) is 17.5. The molecule has 2 aromatic heterocycles. The van der Waals surface area contributed by atoms with E-state index in [1.807, 2.05) is 6.20 Å². The molecular formula is C22H34N4. The SMILES string of the molecule is CC(C)c1ccc2nc(C(C)C)[nH]c2c1.CC(C)c1cnc(C(C)C)[nH]1. The van der Waals surface area contributed by atoms with Crippen molar-refractivity contribution in [3.05, 3.63) is 47.3 Å². The molecule has 3 aromatic rings. The van der Waals surface area contributed by atoms with Gasteiger partial charge < -0.3 is 9.97 Å². The summed E-state index contributed by atoms with van der Waals surface area (Å²) in [6.45, 7) is 17.3. The molecule has 0 aliphatic heterocycles. The van der Waals surface area contributed by atoms with Crippen molar-refractivity contribution in [1.82, 2.24) is 19.9 Å². The third-order valence-corrected chi connectivity index (χ3v) is 4.52. The smallest absolute Gasteiger partial charge is 0.109 e. The Morgan fingerprint density at radius 1 is 0.731 bits per heavy atom. The summed E-state index contributed by atoms with van der Waals surface area (Å²) < 4.78 is 0. The molecule has 0 unspecified atom stereocenters. The Balaban J connectivity index is 0.000000197. The van der Waals surface area contributed by atoms with Gasteiger partial charge in [0.05, 0.1) is 11.0 Å². The van der Waals surface area contributed by atoms with Crippen molar-refractivity contribution in [2.45, 2.75) is 79.1 Å². The van der Waals surface area contributed by atoms with Crippen LogP contribution in [0.3, 0.4) is 0 Å². The Morgan fingerprint density at radius 3 is 1.85 bits per heavy atom. The molecule has 4 heteroatoms. The fourth-order valence-corrected chi connectivity index (χ4v) is 2.62. The fourth-order valence-electron chi connectivity index (χ4n) is 2.62. The summed E-state index contributed by atoms with van der Waals surface area (Å²) in [6, 6.07) is 6.48. The molecule has 0 saturated carbocycles. The van der Waals surface area contributed by atoms with E-state index >= 15 is 0 Å². The number of fused-ring (bicyclic) bond motifs is 1. The van der Waals surface area contributed by atoms with Crippen LogP contribution in [0.1, 0.15) is 102 Å². The molecule has 4 nitrogen and oxygen atoms in total. The molecule has 0 aliphatic rings. The van der Waals surface area contributed by atoms with Gasteiger partial charge in [-0.05, 0) is 29.5 Å². The Labute approximate surface area is 157 Å². The molecule has 0 bridgehead atoms.